The second kappa shape index (κ2) is 7.34. The van der Waals surface area contributed by atoms with E-state index in [2.05, 4.69) is 10.3 Å². The van der Waals surface area contributed by atoms with Crippen molar-refractivity contribution in [2.45, 2.75) is 13.2 Å². The molecular weight excluding hydrogens is 284 g/mol. The van der Waals surface area contributed by atoms with Crippen LogP contribution in [-0.4, -0.2) is 29.2 Å². The molecule has 0 radical (unpaired) electrons. The number of rotatable bonds is 7. The molecule has 0 unspecified atom stereocenters. The minimum Gasteiger partial charge on any atom is -0.394 e. The van der Waals surface area contributed by atoms with Crippen LogP contribution >= 0.6 is 22.7 Å². The fraction of sp³-hybridized carbons (Fsp3) is 0.333. The van der Waals surface area contributed by atoms with Crippen LogP contribution in [0.1, 0.15) is 20.4 Å². The predicted molar refractivity (Wildman–Crippen MR) is 74.3 cm³/mol. The van der Waals surface area contributed by atoms with Crippen LogP contribution in [-0.2, 0) is 17.9 Å². The Morgan fingerprint density at radius 1 is 1.47 bits per heavy atom. The first-order chi connectivity index (χ1) is 9.29. The number of aliphatic hydroxyl groups is 1. The van der Waals surface area contributed by atoms with E-state index in [0.717, 1.165) is 9.88 Å². The second-order valence-corrected chi connectivity index (χ2v) is 5.64. The van der Waals surface area contributed by atoms with Gasteiger partial charge in [-0.15, -0.1) is 22.7 Å². The quantitative estimate of drug-likeness (QED) is 0.762. The van der Waals surface area contributed by atoms with Crippen molar-refractivity contribution in [3.05, 3.63) is 38.5 Å². The van der Waals surface area contributed by atoms with Crippen LogP contribution < -0.4 is 5.32 Å². The van der Waals surface area contributed by atoms with Gasteiger partial charge in [-0.05, 0) is 11.4 Å². The molecule has 0 aliphatic rings. The van der Waals surface area contributed by atoms with Crippen LogP contribution in [0.5, 0.6) is 0 Å². The van der Waals surface area contributed by atoms with Gasteiger partial charge in [0, 0.05) is 10.3 Å². The molecule has 102 valence electrons. The minimum atomic E-state index is -0.182. The molecule has 0 bridgehead atoms. The highest BCUT2D eigenvalue weighted by atomic mass is 32.1. The molecule has 19 heavy (non-hydrogen) atoms. The Labute approximate surface area is 118 Å². The van der Waals surface area contributed by atoms with Gasteiger partial charge in [-0.3, -0.25) is 4.79 Å². The number of hydrogen-bond acceptors (Lipinski definition) is 6. The molecule has 0 aliphatic heterocycles. The molecule has 5 nitrogen and oxygen atoms in total. The average molecular weight is 298 g/mol. The van der Waals surface area contributed by atoms with Crippen molar-refractivity contribution in [1.29, 1.82) is 0 Å². The third-order valence-corrected chi connectivity index (χ3v) is 3.95. The monoisotopic (exact) mass is 298 g/mol. The molecule has 2 rings (SSSR count). The number of nitrogens with zero attached hydrogens (tertiary/aromatic N) is 1. The fourth-order valence-electron chi connectivity index (χ4n) is 1.38. The highest BCUT2D eigenvalue weighted by Crippen LogP contribution is 2.12. The van der Waals surface area contributed by atoms with E-state index in [-0.39, 0.29) is 19.1 Å². The zero-order valence-corrected chi connectivity index (χ0v) is 11.8. The number of thiophene rings is 1. The first kappa shape index (κ1) is 14.1. The normalized spacial score (nSPS) is 10.6. The van der Waals surface area contributed by atoms with E-state index >= 15 is 0 Å². The third kappa shape index (κ3) is 4.39. The molecule has 0 fully saturated rings. The van der Waals surface area contributed by atoms with Gasteiger partial charge in [0.1, 0.15) is 10.7 Å². The van der Waals surface area contributed by atoms with Crippen molar-refractivity contribution in [3.8, 4) is 0 Å². The minimum absolute atomic E-state index is 0.0144. The molecule has 0 saturated carbocycles. The van der Waals surface area contributed by atoms with E-state index in [0.29, 0.717) is 18.8 Å². The SMILES string of the molecule is O=C(NCc1cccs1)c1csc(COCCO)n1. The van der Waals surface area contributed by atoms with Crippen LogP contribution in [0.3, 0.4) is 0 Å². The lowest BCUT2D eigenvalue weighted by atomic mass is 10.4. The Hall–Kier alpha value is -1.28. The van der Waals surface area contributed by atoms with Gasteiger partial charge in [-0.25, -0.2) is 4.98 Å². The standard InChI is InChI=1S/C12H14N2O3S2/c15-3-4-17-7-11-14-10(8-19-11)12(16)13-6-9-2-1-5-18-9/h1-2,5,8,15H,3-4,6-7H2,(H,13,16). The number of aromatic nitrogens is 1. The number of aliphatic hydroxyl groups excluding tert-OH is 1. The van der Waals surface area contributed by atoms with Gasteiger partial charge in [-0.2, -0.15) is 0 Å². The Kier molecular flexibility index (Phi) is 5.46. The Morgan fingerprint density at radius 2 is 2.37 bits per heavy atom. The van der Waals surface area contributed by atoms with E-state index < -0.39 is 0 Å². The number of ether oxygens (including phenoxy) is 1. The van der Waals surface area contributed by atoms with Gasteiger partial charge < -0.3 is 15.2 Å². The molecule has 0 aromatic carbocycles. The van der Waals surface area contributed by atoms with E-state index in [4.69, 9.17) is 9.84 Å². The molecule has 1 amide bonds. The average Bonchev–Trinajstić information content (AvgIpc) is 3.07. The van der Waals surface area contributed by atoms with Crippen molar-refractivity contribution in [1.82, 2.24) is 10.3 Å². The van der Waals surface area contributed by atoms with E-state index in [1.54, 1.807) is 16.7 Å². The summed E-state index contributed by atoms with van der Waals surface area (Å²) in [5.74, 6) is -0.182. The maximum absolute atomic E-state index is 11.8. The lowest BCUT2D eigenvalue weighted by molar-refractivity contribution is 0.0811. The largest absolute Gasteiger partial charge is 0.394 e. The summed E-state index contributed by atoms with van der Waals surface area (Å²) in [6.45, 7) is 1.10. The van der Waals surface area contributed by atoms with Gasteiger partial charge in [-0.1, -0.05) is 6.07 Å². The summed E-state index contributed by atoms with van der Waals surface area (Å²) in [6, 6.07) is 3.92. The van der Waals surface area contributed by atoms with Gasteiger partial charge in [0.15, 0.2) is 0 Å². The summed E-state index contributed by atoms with van der Waals surface area (Å²) in [5.41, 5.74) is 0.407. The lowest BCUT2D eigenvalue weighted by Crippen LogP contribution is -2.22. The summed E-state index contributed by atoms with van der Waals surface area (Å²) < 4.78 is 5.15. The highest BCUT2D eigenvalue weighted by molar-refractivity contribution is 7.10. The molecule has 0 spiro atoms. The second-order valence-electron chi connectivity index (χ2n) is 3.66. The van der Waals surface area contributed by atoms with Crippen LogP contribution in [0.4, 0.5) is 0 Å². The molecule has 0 saturated heterocycles. The van der Waals surface area contributed by atoms with Crippen molar-refractivity contribution >= 4 is 28.6 Å². The van der Waals surface area contributed by atoms with Crippen LogP contribution in [0.15, 0.2) is 22.9 Å². The van der Waals surface area contributed by atoms with Crippen LogP contribution in [0.2, 0.25) is 0 Å². The van der Waals surface area contributed by atoms with Gasteiger partial charge in [0.05, 0.1) is 26.4 Å². The zero-order valence-electron chi connectivity index (χ0n) is 10.2. The van der Waals surface area contributed by atoms with Crippen LogP contribution in [0, 0.1) is 0 Å². The van der Waals surface area contributed by atoms with Crippen molar-refractivity contribution < 1.29 is 14.6 Å². The van der Waals surface area contributed by atoms with E-state index in [1.165, 1.54) is 11.3 Å². The Bertz CT molecular complexity index is 511. The fourth-order valence-corrected chi connectivity index (χ4v) is 2.73. The Morgan fingerprint density at radius 3 is 3.11 bits per heavy atom. The summed E-state index contributed by atoms with van der Waals surface area (Å²) >= 11 is 2.98. The van der Waals surface area contributed by atoms with Crippen molar-refractivity contribution in [3.63, 3.8) is 0 Å². The topological polar surface area (TPSA) is 71.5 Å². The number of amides is 1. The number of carbonyl (C=O) groups is 1. The maximum Gasteiger partial charge on any atom is 0.271 e. The highest BCUT2D eigenvalue weighted by Gasteiger charge is 2.10. The Balaban J connectivity index is 1.82. The number of nitrogens with one attached hydrogen (secondary N) is 1. The summed E-state index contributed by atoms with van der Waals surface area (Å²) in [6.07, 6.45) is 0. The number of thiazole rings is 1. The molecular formula is C12H14N2O3S2. The summed E-state index contributed by atoms with van der Waals surface area (Å²) in [4.78, 5) is 17.1. The molecule has 2 N–H and O–H groups in total. The zero-order chi connectivity index (χ0) is 13.5. The van der Waals surface area contributed by atoms with E-state index in [9.17, 15) is 4.79 Å². The molecule has 7 heteroatoms. The van der Waals surface area contributed by atoms with E-state index in [1.807, 2.05) is 17.5 Å². The van der Waals surface area contributed by atoms with Gasteiger partial charge in [0.25, 0.3) is 5.91 Å². The maximum atomic E-state index is 11.8. The van der Waals surface area contributed by atoms with Crippen molar-refractivity contribution in [2.75, 3.05) is 13.2 Å². The molecule has 2 aromatic rings. The lowest BCUT2D eigenvalue weighted by Gasteiger charge is -2.00. The molecule has 2 heterocycles. The molecule has 2 aromatic heterocycles. The van der Waals surface area contributed by atoms with Gasteiger partial charge in [0.2, 0.25) is 0 Å². The third-order valence-electron chi connectivity index (χ3n) is 2.25. The van der Waals surface area contributed by atoms with Crippen LogP contribution in [0.25, 0.3) is 0 Å². The smallest absolute Gasteiger partial charge is 0.271 e. The number of hydrogen-bond donors (Lipinski definition) is 2. The first-order valence-electron chi connectivity index (χ1n) is 5.73. The summed E-state index contributed by atoms with van der Waals surface area (Å²) in [7, 11) is 0. The van der Waals surface area contributed by atoms with Gasteiger partial charge >= 0.3 is 0 Å². The van der Waals surface area contributed by atoms with Crippen molar-refractivity contribution in [2.24, 2.45) is 0 Å². The molecule has 0 aliphatic carbocycles. The number of carbonyl (C=O) groups excluding carboxylic acids is 1. The molecule has 0 atom stereocenters. The first-order valence-corrected chi connectivity index (χ1v) is 7.49. The summed E-state index contributed by atoms with van der Waals surface area (Å²) in [5, 5.41) is 15.8. The predicted octanol–water partition coefficient (Wildman–Crippen LogP) is 1.64.